The number of benzene rings is 6. The van der Waals surface area contributed by atoms with E-state index in [0.29, 0.717) is 5.76 Å². The highest BCUT2D eigenvalue weighted by Crippen LogP contribution is 2.42. The Bertz CT molecular complexity index is 2120. The number of ether oxygens (including phenoxy) is 1. The highest BCUT2D eigenvalue weighted by molar-refractivity contribution is 6.08. The van der Waals surface area contributed by atoms with Gasteiger partial charge in [0.05, 0.1) is 0 Å². The van der Waals surface area contributed by atoms with Crippen LogP contribution in [0.4, 0.5) is 0 Å². The number of fused-ring (bicyclic) bond motifs is 3. The van der Waals surface area contributed by atoms with Crippen molar-refractivity contribution >= 4 is 28.7 Å². The van der Waals surface area contributed by atoms with Crippen LogP contribution in [-0.4, -0.2) is 0 Å². The van der Waals surface area contributed by atoms with Crippen LogP contribution in [0.5, 0.6) is 5.75 Å². The standard InChI is InChI=1S/C44H34O/c1-3-4-6-19-37-30-42(40-26-11-12-27-41(40)43(37)33-17-7-5-8-18-33)36-24-14-23-35(29-36)39-28-15-22-34-21-13-20-32-16-9-10-25-38(32)31(2)45-44(34)39/h3-20,22-30H,2,21H2,1H3/b4-3-,19-6-,20-13-. The summed E-state index contributed by atoms with van der Waals surface area (Å²) in [6.45, 7) is 6.38. The molecule has 6 aromatic rings. The monoisotopic (exact) mass is 578 g/mol. The van der Waals surface area contributed by atoms with Crippen molar-refractivity contribution in [3.05, 3.63) is 181 Å². The summed E-state index contributed by atoms with van der Waals surface area (Å²) in [7, 11) is 0. The minimum absolute atomic E-state index is 0.655. The van der Waals surface area contributed by atoms with E-state index in [1.54, 1.807) is 0 Å². The maximum Gasteiger partial charge on any atom is 0.138 e. The Morgan fingerprint density at radius 1 is 0.622 bits per heavy atom. The van der Waals surface area contributed by atoms with Gasteiger partial charge in [-0.3, -0.25) is 0 Å². The molecule has 0 fully saturated rings. The van der Waals surface area contributed by atoms with E-state index in [4.69, 9.17) is 4.74 Å². The van der Waals surface area contributed by atoms with E-state index in [1.165, 1.54) is 33.0 Å². The van der Waals surface area contributed by atoms with Crippen molar-refractivity contribution in [3.63, 3.8) is 0 Å². The second-order valence-corrected chi connectivity index (χ2v) is 11.3. The molecule has 216 valence electrons. The van der Waals surface area contributed by atoms with Gasteiger partial charge in [0.15, 0.2) is 0 Å². The molecule has 1 nitrogen and oxygen atoms in total. The van der Waals surface area contributed by atoms with Gasteiger partial charge in [-0.25, -0.2) is 0 Å². The zero-order valence-electron chi connectivity index (χ0n) is 25.4. The summed E-state index contributed by atoms with van der Waals surface area (Å²) in [4.78, 5) is 0. The lowest BCUT2D eigenvalue weighted by Crippen LogP contribution is -1.99. The van der Waals surface area contributed by atoms with Crippen molar-refractivity contribution in [1.82, 2.24) is 0 Å². The molecular weight excluding hydrogens is 544 g/mol. The molecule has 1 heteroatoms. The van der Waals surface area contributed by atoms with Crippen LogP contribution in [-0.2, 0) is 6.42 Å². The summed E-state index contributed by atoms with van der Waals surface area (Å²) in [6.07, 6.45) is 13.6. The molecule has 0 aromatic heterocycles. The number of para-hydroxylation sites is 1. The van der Waals surface area contributed by atoms with E-state index in [9.17, 15) is 0 Å². The molecule has 0 saturated heterocycles. The first kappa shape index (κ1) is 28.1. The second-order valence-electron chi connectivity index (χ2n) is 11.3. The van der Waals surface area contributed by atoms with E-state index in [-0.39, 0.29) is 0 Å². The molecule has 0 N–H and O–H groups in total. The number of hydrogen-bond acceptors (Lipinski definition) is 1. The molecular formula is C44H34O. The van der Waals surface area contributed by atoms with E-state index in [0.717, 1.165) is 45.6 Å². The van der Waals surface area contributed by atoms with E-state index >= 15 is 0 Å². The number of hydrogen-bond donors (Lipinski definition) is 0. The lowest BCUT2D eigenvalue weighted by atomic mass is 9.87. The summed E-state index contributed by atoms with van der Waals surface area (Å²) >= 11 is 0. The molecule has 6 aromatic carbocycles. The Hall–Kier alpha value is -5.66. The molecule has 0 saturated carbocycles. The van der Waals surface area contributed by atoms with Gasteiger partial charge in [0.2, 0.25) is 0 Å². The summed E-state index contributed by atoms with van der Waals surface area (Å²) in [5.74, 6) is 1.52. The van der Waals surface area contributed by atoms with Crippen molar-refractivity contribution < 1.29 is 4.74 Å². The van der Waals surface area contributed by atoms with Gasteiger partial charge in [0.1, 0.15) is 11.5 Å². The van der Waals surface area contributed by atoms with Crippen molar-refractivity contribution in [2.24, 2.45) is 0 Å². The summed E-state index contributed by atoms with van der Waals surface area (Å²) in [5, 5.41) is 2.46. The fraction of sp³-hybridized carbons (Fsp3) is 0.0455. The predicted octanol–water partition coefficient (Wildman–Crippen LogP) is 12.0. The minimum atomic E-state index is 0.655. The SMILES string of the molecule is C=C1Oc2c(cccc2-c2cccc(-c3cc(/C=C\C=C/C)c(-c4ccccc4)c4ccccc34)c2)C/C=C\c2ccccc21. The Morgan fingerprint density at radius 2 is 1.31 bits per heavy atom. The van der Waals surface area contributed by atoms with E-state index in [2.05, 4.69) is 164 Å². The van der Waals surface area contributed by atoms with Crippen LogP contribution in [0.3, 0.4) is 0 Å². The van der Waals surface area contributed by atoms with Gasteiger partial charge in [-0.05, 0) is 80.8 Å². The van der Waals surface area contributed by atoms with Gasteiger partial charge < -0.3 is 4.74 Å². The molecule has 1 heterocycles. The van der Waals surface area contributed by atoms with Crippen molar-refractivity contribution in [1.29, 1.82) is 0 Å². The van der Waals surface area contributed by atoms with Gasteiger partial charge in [-0.2, -0.15) is 0 Å². The predicted molar refractivity (Wildman–Crippen MR) is 193 cm³/mol. The van der Waals surface area contributed by atoms with Crippen LogP contribution in [0.25, 0.3) is 62.1 Å². The van der Waals surface area contributed by atoms with Crippen molar-refractivity contribution in [2.45, 2.75) is 13.3 Å². The first-order valence-electron chi connectivity index (χ1n) is 15.5. The Kier molecular flexibility index (Phi) is 7.83. The fourth-order valence-electron chi connectivity index (χ4n) is 6.30. The third kappa shape index (κ3) is 5.57. The molecule has 0 atom stereocenters. The van der Waals surface area contributed by atoms with Crippen LogP contribution in [0, 0.1) is 0 Å². The quantitative estimate of drug-likeness (QED) is 0.185. The molecule has 1 aliphatic heterocycles. The fourth-order valence-corrected chi connectivity index (χ4v) is 6.30. The van der Waals surface area contributed by atoms with Gasteiger partial charge in [-0.15, -0.1) is 0 Å². The Morgan fingerprint density at radius 3 is 2.16 bits per heavy atom. The maximum atomic E-state index is 6.63. The third-order valence-corrected chi connectivity index (χ3v) is 8.42. The van der Waals surface area contributed by atoms with Crippen LogP contribution in [0.15, 0.2) is 158 Å². The van der Waals surface area contributed by atoms with Crippen molar-refractivity contribution in [3.8, 4) is 39.1 Å². The topological polar surface area (TPSA) is 9.23 Å². The van der Waals surface area contributed by atoms with Gasteiger partial charge in [-0.1, -0.05) is 158 Å². The Labute approximate surface area is 265 Å². The molecule has 0 radical (unpaired) electrons. The zero-order valence-corrected chi connectivity index (χ0v) is 25.4. The van der Waals surface area contributed by atoms with Crippen LogP contribution in [0.1, 0.15) is 29.2 Å². The molecule has 0 amide bonds. The normalized spacial score (nSPS) is 13.6. The molecule has 45 heavy (non-hydrogen) atoms. The molecule has 0 spiro atoms. The van der Waals surface area contributed by atoms with Crippen LogP contribution >= 0.6 is 0 Å². The average molecular weight is 579 g/mol. The number of rotatable bonds is 5. The maximum absolute atomic E-state index is 6.63. The van der Waals surface area contributed by atoms with Gasteiger partial charge >= 0.3 is 0 Å². The van der Waals surface area contributed by atoms with Crippen molar-refractivity contribution in [2.75, 3.05) is 0 Å². The van der Waals surface area contributed by atoms with Gasteiger partial charge in [0.25, 0.3) is 0 Å². The average Bonchev–Trinajstić information content (AvgIpc) is 3.15. The van der Waals surface area contributed by atoms with E-state index in [1.807, 2.05) is 13.0 Å². The molecule has 0 aliphatic carbocycles. The highest BCUT2D eigenvalue weighted by atomic mass is 16.5. The molecule has 0 unspecified atom stereocenters. The van der Waals surface area contributed by atoms with Gasteiger partial charge in [0, 0.05) is 11.1 Å². The summed E-state index contributed by atoms with van der Waals surface area (Å²) < 4.78 is 6.63. The zero-order chi connectivity index (χ0) is 30.6. The molecule has 1 aliphatic rings. The highest BCUT2D eigenvalue weighted by Gasteiger charge is 2.18. The minimum Gasteiger partial charge on any atom is -0.456 e. The number of allylic oxidation sites excluding steroid dienone is 4. The first-order chi connectivity index (χ1) is 22.2. The second kappa shape index (κ2) is 12.5. The van der Waals surface area contributed by atoms with Crippen LogP contribution < -0.4 is 4.74 Å². The van der Waals surface area contributed by atoms with Crippen LogP contribution in [0.2, 0.25) is 0 Å². The lowest BCUT2D eigenvalue weighted by Gasteiger charge is -2.18. The third-order valence-electron chi connectivity index (χ3n) is 8.42. The lowest BCUT2D eigenvalue weighted by molar-refractivity contribution is 0.513. The largest absolute Gasteiger partial charge is 0.456 e. The summed E-state index contributed by atoms with van der Waals surface area (Å²) in [5.41, 5.74) is 11.4. The summed E-state index contributed by atoms with van der Waals surface area (Å²) in [6, 6.07) is 45.3. The first-order valence-corrected chi connectivity index (χ1v) is 15.5. The van der Waals surface area contributed by atoms with E-state index < -0.39 is 0 Å². The molecule has 0 bridgehead atoms. The Balaban J connectivity index is 1.39. The molecule has 7 rings (SSSR count). The smallest absolute Gasteiger partial charge is 0.138 e.